The first kappa shape index (κ1) is 25.2. The maximum Gasteiger partial charge on any atom is 0.330 e. The average Bonchev–Trinajstić information content (AvgIpc) is 2.62. The van der Waals surface area contributed by atoms with Crippen molar-refractivity contribution in [3.05, 3.63) is 24.3 Å². The summed E-state index contributed by atoms with van der Waals surface area (Å²) in [6.07, 6.45) is 3.64. The molecule has 0 unspecified atom stereocenters. The van der Waals surface area contributed by atoms with Crippen LogP contribution in [0.2, 0.25) is 0 Å². The summed E-state index contributed by atoms with van der Waals surface area (Å²) in [5.74, 6) is -1.37. The molecule has 0 aliphatic rings. The van der Waals surface area contributed by atoms with E-state index in [2.05, 4.69) is 0 Å². The number of halogens is 2. The van der Waals surface area contributed by atoms with Crippen LogP contribution in [0.5, 0.6) is 0 Å². The maximum atomic E-state index is 11.1. The van der Waals surface area contributed by atoms with Crippen LogP contribution in [-0.4, -0.2) is 75.3 Å². The molecule has 0 rings (SSSR count). The van der Waals surface area contributed by atoms with Gasteiger partial charge in [-0.2, -0.15) is 0 Å². The molecule has 0 heterocycles. The highest BCUT2D eigenvalue weighted by molar-refractivity contribution is 6.66. The SMILES string of the molecule is O=C(Cl)C=CC(=O)OCCOCCOCCOCCOC(=O)C=CC(=O)Cl. The molecule has 0 N–H and O–H groups in total. The largest absolute Gasteiger partial charge is 0.460 e. The zero-order valence-electron chi connectivity index (χ0n) is 14.4. The van der Waals surface area contributed by atoms with Gasteiger partial charge in [0.25, 0.3) is 0 Å². The molecule has 0 bridgehead atoms. The number of allylic oxidation sites excluding steroid dienone is 2. The molecule has 0 spiro atoms. The zero-order valence-corrected chi connectivity index (χ0v) is 15.9. The zero-order chi connectivity index (χ0) is 20.3. The van der Waals surface area contributed by atoms with Gasteiger partial charge < -0.3 is 23.7 Å². The van der Waals surface area contributed by atoms with E-state index in [9.17, 15) is 19.2 Å². The van der Waals surface area contributed by atoms with Crippen molar-refractivity contribution >= 4 is 45.6 Å². The first-order valence-corrected chi connectivity index (χ1v) is 8.49. The van der Waals surface area contributed by atoms with Crippen LogP contribution in [0.25, 0.3) is 0 Å². The number of hydrogen-bond acceptors (Lipinski definition) is 9. The third-order valence-electron chi connectivity index (χ3n) is 2.39. The monoisotopic (exact) mass is 426 g/mol. The van der Waals surface area contributed by atoms with E-state index in [-0.39, 0.29) is 26.4 Å². The first-order valence-electron chi connectivity index (χ1n) is 7.73. The lowest BCUT2D eigenvalue weighted by Gasteiger charge is -2.07. The molecular weight excluding hydrogens is 407 g/mol. The second-order valence-corrected chi connectivity index (χ2v) is 5.19. The minimum absolute atomic E-state index is 0.0374. The van der Waals surface area contributed by atoms with Gasteiger partial charge in [0, 0.05) is 24.3 Å². The minimum atomic E-state index is -0.762. The van der Waals surface area contributed by atoms with E-state index in [1.165, 1.54) is 0 Å². The summed E-state index contributed by atoms with van der Waals surface area (Å²) in [5, 5.41) is -1.52. The third kappa shape index (κ3) is 20.4. The molecule has 0 radical (unpaired) electrons. The van der Waals surface area contributed by atoms with Crippen molar-refractivity contribution in [2.45, 2.75) is 0 Å². The molecule has 0 fully saturated rings. The molecule has 9 nitrogen and oxygen atoms in total. The van der Waals surface area contributed by atoms with Crippen LogP contribution in [0.3, 0.4) is 0 Å². The van der Waals surface area contributed by atoms with Gasteiger partial charge in [-0.05, 0) is 23.2 Å². The topological polar surface area (TPSA) is 114 Å². The van der Waals surface area contributed by atoms with Crippen LogP contribution in [-0.2, 0) is 42.9 Å². The van der Waals surface area contributed by atoms with Gasteiger partial charge in [0.2, 0.25) is 10.5 Å². The van der Waals surface area contributed by atoms with Gasteiger partial charge in [-0.1, -0.05) is 0 Å². The van der Waals surface area contributed by atoms with Crippen molar-refractivity contribution in [1.82, 2.24) is 0 Å². The summed E-state index contributed by atoms with van der Waals surface area (Å²) < 4.78 is 25.0. The van der Waals surface area contributed by atoms with Crippen LogP contribution in [0.1, 0.15) is 0 Å². The molecular formula is C16H20Cl2O9. The van der Waals surface area contributed by atoms with Crippen LogP contribution in [0.15, 0.2) is 24.3 Å². The average molecular weight is 427 g/mol. The molecule has 0 saturated carbocycles. The summed E-state index contributed by atoms with van der Waals surface area (Å²) in [4.78, 5) is 42.9. The molecule has 0 aromatic rings. The quantitative estimate of drug-likeness (QED) is 0.152. The van der Waals surface area contributed by atoms with Crippen molar-refractivity contribution < 1.29 is 42.9 Å². The maximum absolute atomic E-state index is 11.1. The Morgan fingerprint density at radius 2 is 0.815 bits per heavy atom. The van der Waals surface area contributed by atoms with Gasteiger partial charge >= 0.3 is 11.9 Å². The van der Waals surface area contributed by atoms with Crippen molar-refractivity contribution in [2.24, 2.45) is 0 Å². The van der Waals surface area contributed by atoms with Crippen molar-refractivity contribution in [1.29, 1.82) is 0 Å². The van der Waals surface area contributed by atoms with E-state index in [4.69, 9.17) is 46.9 Å². The molecule has 27 heavy (non-hydrogen) atoms. The summed E-state index contributed by atoms with van der Waals surface area (Å²) in [6.45, 7) is 1.69. The number of carbonyl (C=O) groups excluding carboxylic acids is 4. The van der Waals surface area contributed by atoms with Gasteiger partial charge in [-0.25, -0.2) is 9.59 Å². The number of ether oxygens (including phenoxy) is 5. The number of rotatable bonds is 16. The predicted molar refractivity (Wildman–Crippen MR) is 94.4 cm³/mol. The normalized spacial score (nSPS) is 11.0. The molecule has 0 aliphatic heterocycles. The fraction of sp³-hybridized carbons (Fsp3) is 0.500. The fourth-order valence-electron chi connectivity index (χ4n) is 1.31. The molecule has 0 atom stereocenters. The Morgan fingerprint density at radius 3 is 1.11 bits per heavy atom. The predicted octanol–water partition coefficient (Wildman–Crippen LogP) is 0.766. The highest BCUT2D eigenvalue weighted by Crippen LogP contribution is 1.89. The summed E-state index contributed by atoms with van der Waals surface area (Å²) >= 11 is 10.0. The van der Waals surface area contributed by atoms with Crippen LogP contribution >= 0.6 is 23.2 Å². The minimum Gasteiger partial charge on any atom is -0.460 e. The Kier molecular flexibility index (Phi) is 16.5. The fourth-order valence-corrected chi connectivity index (χ4v) is 1.43. The van der Waals surface area contributed by atoms with E-state index in [1.54, 1.807) is 0 Å². The van der Waals surface area contributed by atoms with E-state index in [0.29, 0.717) is 26.4 Å². The second kappa shape index (κ2) is 17.6. The highest BCUT2D eigenvalue weighted by atomic mass is 35.5. The Balaban J connectivity index is 3.32. The van der Waals surface area contributed by atoms with Crippen LogP contribution in [0, 0.1) is 0 Å². The lowest BCUT2D eigenvalue weighted by atomic mass is 10.5. The van der Waals surface area contributed by atoms with Crippen molar-refractivity contribution in [2.75, 3.05) is 52.9 Å². The molecule has 0 amide bonds. The molecule has 11 heteroatoms. The molecule has 0 aliphatic carbocycles. The van der Waals surface area contributed by atoms with Gasteiger partial charge in [0.05, 0.1) is 39.6 Å². The lowest BCUT2D eigenvalue weighted by molar-refractivity contribution is -0.140. The van der Waals surface area contributed by atoms with E-state index >= 15 is 0 Å². The highest BCUT2D eigenvalue weighted by Gasteiger charge is 1.99. The Labute approximate surface area is 166 Å². The summed E-state index contributed by atoms with van der Waals surface area (Å²) in [7, 11) is 0. The molecule has 152 valence electrons. The third-order valence-corrected chi connectivity index (χ3v) is 2.64. The van der Waals surface area contributed by atoms with Crippen molar-refractivity contribution in [3.63, 3.8) is 0 Å². The van der Waals surface area contributed by atoms with Crippen LogP contribution < -0.4 is 0 Å². The Hall–Kier alpha value is -1.78. The van der Waals surface area contributed by atoms with Gasteiger partial charge in [-0.3, -0.25) is 9.59 Å². The van der Waals surface area contributed by atoms with Crippen LogP contribution in [0.4, 0.5) is 0 Å². The first-order chi connectivity index (χ1) is 12.9. The Morgan fingerprint density at radius 1 is 0.519 bits per heavy atom. The number of esters is 2. The van der Waals surface area contributed by atoms with E-state index in [0.717, 1.165) is 24.3 Å². The summed E-state index contributed by atoms with van der Waals surface area (Å²) in [6, 6.07) is 0. The molecule has 0 aromatic heterocycles. The van der Waals surface area contributed by atoms with E-state index in [1.807, 2.05) is 0 Å². The van der Waals surface area contributed by atoms with Gasteiger partial charge in [0.1, 0.15) is 13.2 Å². The number of hydrogen-bond donors (Lipinski definition) is 0. The van der Waals surface area contributed by atoms with E-state index < -0.39 is 22.4 Å². The second-order valence-electron chi connectivity index (χ2n) is 4.45. The standard InChI is InChI=1S/C16H20Cl2O9/c17-13(19)1-3-15(21)26-11-9-24-7-5-23-6-8-25-10-12-27-16(22)4-2-14(18)20/h1-4H,5-12H2. The van der Waals surface area contributed by atoms with Gasteiger partial charge in [0.15, 0.2) is 0 Å². The molecule has 0 aromatic carbocycles. The lowest BCUT2D eigenvalue weighted by Crippen LogP contribution is -2.14. The molecule has 0 saturated heterocycles. The Bertz CT molecular complexity index is 486. The summed E-state index contributed by atoms with van der Waals surface area (Å²) in [5.41, 5.74) is 0. The number of carbonyl (C=O) groups is 4. The van der Waals surface area contributed by atoms with Crippen molar-refractivity contribution in [3.8, 4) is 0 Å². The smallest absolute Gasteiger partial charge is 0.330 e. The van der Waals surface area contributed by atoms with Gasteiger partial charge in [-0.15, -0.1) is 0 Å².